The first-order valence-corrected chi connectivity index (χ1v) is 10.9. The van der Waals surface area contributed by atoms with Gasteiger partial charge in [-0.3, -0.25) is 4.79 Å². The molecule has 1 aromatic heterocycles. The van der Waals surface area contributed by atoms with Gasteiger partial charge in [0.25, 0.3) is 0 Å². The lowest BCUT2D eigenvalue weighted by Crippen LogP contribution is -2.14. The van der Waals surface area contributed by atoms with Crippen LogP contribution < -0.4 is 5.32 Å². The smallest absolute Gasteiger partial charge is 0.234 e. The first-order valence-electron chi connectivity index (χ1n) is 8.68. The van der Waals surface area contributed by atoms with Gasteiger partial charge in [-0.1, -0.05) is 36.0 Å². The Labute approximate surface area is 168 Å². The minimum atomic E-state index is -0.0556. The molecule has 0 aliphatic rings. The van der Waals surface area contributed by atoms with Gasteiger partial charge in [-0.05, 0) is 49.9 Å². The molecule has 27 heavy (non-hydrogen) atoms. The van der Waals surface area contributed by atoms with Crippen molar-refractivity contribution in [2.75, 3.05) is 17.3 Å². The molecule has 1 N–H and O–H groups in total. The number of carbonyl (C=O) groups excluding carboxylic acids is 1. The number of hydrogen-bond donors (Lipinski definition) is 1. The Kier molecular flexibility index (Phi) is 6.58. The first kappa shape index (κ1) is 19.5. The summed E-state index contributed by atoms with van der Waals surface area (Å²) in [6, 6.07) is 15.9. The normalized spacial score (nSPS) is 10.8. The SMILES string of the molecule is CCn1c(SCC(=O)Nc2ccc(SC)cc2)nnc1-c1ccccc1C. The average Bonchev–Trinajstić information content (AvgIpc) is 3.10. The Bertz CT molecular complexity index is 922. The van der Waals surface area contributed by atoms with Crippen molar-refractivity contribution >= 4 is 35.1 Å². The molecule has 0 saturated carbocycles. The van der Waals surface area contributed by atoms with Crippen LogP contribution in [0.15, 0.2) is 58.6 Å². The second-order valence-corrected chi connectivity index (χ2v) is 7.75. The number of nitrogens with zero attached hydrogens (tertiary/aromatic N) is 3. The average molecular weight is 399 g/mol. The van der Waals surface area contributed by atoms with E-state index in [9.17, 15) is 4.79 Å². The molecule has 0 spiro atoms. The molecule has 1 amide bonds. The maximum Gasteiger partial charge on any atom is 0.234 e. The van der Waals surface area contributed by atoms with Gasteiger partial charge in [0.1, 0.15) is 0 Å². The quantitative estimate of drug-likeness (QED) is 0.583. The van der Waals surface area contributed by atoms with Crippen LogP contribution in [-0.2, 0) is 11.3 Å². The highest BCUT2D eigenvalue weighted by Crippen LogP contribution is 2.26. The van der Waals surface area contributed by atoms with Gasteiger partial charge < -0.3 is 9.88 Å². The van der Waals surface area contributed by atoms with E-state index in [4.69, 9.17) is 0 Å². The fraction of sp³-hybridized carbons (Fsp3) is 0.250. The molecule has 1 heterocycles. The number of nitrogens with one attached hydrogen (secondary N) is 1. The van der Waals surface area contributed by atoms with Crippen LogP contribution in [0.4, 0.5) is 5.69 Å². The number of anilines is 1. The molecule has 0 saturated heterocycles. The first-order chi connectivity index (χ1) is 13.1. The van der Waals surface area contributed by atoms with Crippen molar-refractivity contribution in [2.24, 2.45) is 0 Å². The Balaban J connectivity index is 1.67. The fourth-order valence-corrected chi connectivity index (χ4v) is 3.92. The highest BCUT2D eigenvalue weighted by molar-refractivity contribution is 7.99. The third-order valence-corrected chi connectivity index (χ3v) is 5.84. The molecule has 3 aromatic rings. The summed E-state index contributed by atoms with van der Waals surface area (Å²) in [7, 11) is 0. The number of carbonyl (C=O) groups is 1. The molecule has 0 radical (unpaired) electrons. The maximum absolute atomic E-state index is 12.3. The van der Waals surface area contributed by atoms with Crippen molar-refractivity contribution in [3.8, 4) is 11.4 Å². The van der Waals surface area contributed by atoms with Crippen LogP contribution in [-0.4, -0.2) is 32.7 Å². The van der Waals surface area contributed by atoms with E-state index >= 15 is 0 Å². The van der Waals surface area contributed by atoms with Gasteiger partial charge in [0.05, 0.1) is 5.75 Å². The molecule has 3 rings (SSSR count). The van der Waals surface area contributed by atoms with Crippen LogP contribution >= 0.6 is 23.5 Å². The van der Waals surface area contributed by atoms with E-state index in [1.165, 1.54) is 16.7 Å². The highest BCUT2D eigenvalue weighted by Gasteiger charge is 2.15. The summed E-state index contributed by atoms with van der Waals surface area (Å²) in [6.07, 6.45) is 2.03. The standard InChI is InChI=1S/C20H22N4OS2/c1-4-24-19(17-8-6-5-7-14(17)2)22-23-20(24)27-13-18(25)21-15-9-11-16(26-3)12-10-15/h5-12H,4,13H2,1-3H3,(H,21,25). The van der Waals surface area contributed by atoms with E-state index in [-0.39, 0.29) is 11.7 Å². The minimum absolute atomic E-state index is 0.0556. The molecule has 0 aliphatic carbocycles. The highest BCUT2D eigenvalue weighted by atomic mass is 32.2. The lowest BCUT2D eigenvalue weighted by Gasteiger charge is -2.09. The Morgan fingerprint density at radius 3 is 2.52 bits per heavy atom. The predicted molar refractivity (Wildman–Crippen MR) is 113 cm³/mol. The van der Waals surface area contributed by atoms with Crippen molar-refractivity contribution in [1.82, 2.24) is 14.8 Å². The second-order valence-electron chi connectivity index (χ2n) is 5.93. The van der Waals surface area contributed by atoms with Crippen LogP contribution in [0.3, 0.4) is 0 Å². The summed E-state index contributed by atoms with van der Waals surface area (Å²) >= 11 is 3.08. The summed E-state index contributed by atoms with van der Waals surface area (Å²) in [5.41, 5.74) is 3.02. The summed E-state index contributed by atoms with van der Waals surface area (Å²) in [5, 5.41) is 12.3. The van der Waals surface area contributed by atoms with Gasteiger partial charge in [-0.2, -0.15) is 0 Å². The van der Waals surface area contributed by atoms with Gasteiger partial charge in [-0.25, -0.2) is 0 Å². The Morgan fingerprint density at radius 2 is 1.85 bits per heavy atom. The van der Waals surface area contributed by atoms with E-state index in [1.807, 2.05) is 53.3 Å². The van der Waals surface area contributed by atoms with Crippen molar-refractivity contribution in [2.45, 2.75) is 30.4 Å². The maximum atomic E-state index is 12.3. The summed E-state index contributed by atoms with van der Waals surface area (Å²) in [6.45, 7) is 4.87. The zero-order valence-corrected chi connectivity index (χ0v) is 17.2. The van der Waals surface area contributed by atoms with Crippen molar-refractivity contribution in [3.63, 3.8) is 0 Å². The van der Waals surface area contributed by atoms with E-state index in [2.05, 4.69) is 35.4 Å². The zero-order chi connectivity index (χ0) is 19.2. The number of aryl methyl sites for hydroxylation is 1. The van der Waals surface area contributed by atoms with E-state index in [1.54, 1.807) is 11.8 Å². The molecule has 0 aliphatic heterocycles. The van der Waals surface area contributed by atoms with Gasteiger partial charge in [-0.15, -0.1) is 22.0 Å². The molecule has 140 valence electrons. The van der Waals surface area contributed by atoms with E-state index in [0.717, 1.165) is 34.3 Å². The second kappa shape index (κ2) is 9.10. The molecule has 0 bridgehead atoms. The van der Waals surface area contributed by atoms with Gasteiger partial charge >= 0.3 is 0 Å². The van der Waals surface area contributed by atoms with Crippen LogP contribution in [0.2, 0.25) is 0 Å². The molecular weight excluding hydrogens is 376 g/mol. The molecular formula is C20H22N4OS2. The van der Waals surface area contributed by atoms with Crippen LogP contribution in [0.5, 0.6) is 0 Å². The number of benzene rings is 2. The Hall–Kier alpha value is -2.25. The van der Waals surface area contributed by atoms with E-state index in [0.29, 0.717) is 0 Å². The third kappa shape index (κ3) is 4.73. The fourth-order valence-electron chi connectivity index (χ4n) is 2.71. The number of thioether (sulfide) groups is 2. The number of rotatable bonds is 7. The zero-order valence-electron chi connectivity index (χ0n) is 15.6. The van der Waals surface area contributed by atoms with Crippen LogP contribution in [0.25, 0.3) is 11.4 Å². The van der Waals surface area contributed by atoms with Crippen LogP contribution in [0, 0.1) is 6.92 Å². The molecule has 7 heteroatoms. The number of aromatic nitrogens is 3. The predicted octanol–water partition coefficient (Wildman–Crippen LogP) is 4.73. The Morgan fingerprint density at radius 1 is 1.11 bits per heavy atom. The molecule has 0 unspecified atom stereocenters. The van der Waals surface area contributed by atoms with Gasteiger partial charge in [0.15, 0.2) is 11.0 Å². The minimum Gasteiger partial charge on any atom is -0.325 e. The van der Waals surface area contributed by atoms with Crippen molar-refractivity contribution in [1.29, 1.82) is 0 Å². The van der Waals surface area contributed by atoms with Gasteiger partial charge in [0, 0.05) is 22.7 Å². The van der Waals surface area contributed by atoms with Gasteiger partial charge in [0.2, 0.25) is 5.91 Å². The summed E-state index contributed by atoms with van der Waals surface area (Å²) in [4.78, 5) is 13.4. The lowest BCUT2D eigenvalue weighted by molar-refractivity contribution is -0.113. The number of hydrogen-bond acceptors (Lipinski definition) is 5. The summed E-state index contributed by atoms with van der Waals surface area (Å²) in [5.74, 6) is 1.07. The molecule has 2 aromatic carbocycles. The monoisotopic (exact) mass is 398 g/mol. The molecule has 0 atom stereocenters. The molecule has 5 nitrogen and oxygen atoms in total. The largest absolute Gasteiger partial charge is 0.325 e. The van der Waals surface area contributed by atoms with Crippen LogP contribution in [0.1, 0.15) is 12.5 Å². The molecule has 0 fully saturated rings. The van der Waals surface area contributed by atoms with Crippen molar-refractivity contribution in [3.05, 3.63) is 54.1 Å². The third-order valence-electron chi connectivity index (χ3n) is 4.13. The lowest BCUT2D eigenvalue weighted by atomic mass is 10.1. The topological polar surface area (TPSA) is 59.8 Å². The van der Waals surface area contributed by atoms with E-state index < -0.39 is 0 Å². The number of amides is 1. The summed E-state index contributed by atoms with van der Waals surface area (Å²) < 4.78 is 2.05. The van der Waals surface area contributed by atoms with Crippen molar-refractivity contribution < 1.29 is 4.79 Å².